The van der Waals surface area contributed by atoms with Crippen LogP contribution >= 0.6 is 0 Å². The van der Waals surface area contributed by atoms with E-state index in [4.69, 9.17) is 0 Å². The first-order valence-corrected chi connectivity index (χ1v) is 7.92. The lowest BCUT2D eigenvalue weighted by Gasteiger charge is -2.29. The highest BCUT2D eigenvalue weighted by Gasteiger charge is 2.23. The van der Waals surface area contributed by atoms with Gasteiger partial charge in [-0.15, -0.1) is 0 Å². The van der Waals surface area contributed by atoms with Gasteiger partial charge in [0.15, 0.2) is 0 Å². The summed E-state index contributed by atoms with van der Waals surface area (Å²) in [6.45, 7) is 9.11. The molecule has 0 spiro atoms. The summed E-state index contributed by atoms with van der Waals surface area (Å²) in [5.41, 5.74) is 4.19. The Hall–Kier alpha value is -1.76. The fraction of sp³-hybridized carbons (Fsp3) is 0.400. The molecule has 0 saturated heterocycles. The molecule has 112 valence electrons. The SMILES string of the molecule is CCc1cccc(NC(C)CC(C)(C)c2ccccc2)c1. The minimum Gasteiger partial charge on any atom is -0.383 e. The number of hydrogen-bond donors (Lipinski definition) is 1. The Morgan fingerprint density at radius 3 is 2.38 bits per heavy atom. The summed E-state index contributed by atoms with van der Waals surface area (Å²) < 4.78 is 0. The van der Waals surface area contributed by atoms with Crippen LogP contribution < -0.4 is 5.32 Å². The van der Waals surface area contributed by atoms with Gasteiger partial charge in [-0.1, -0.05) is 63.2 Å². The highest BCUT2D eigenvalue weighted by molar-refractivity contribution is 5.46. The summed E-state index contributed by atoms with van der Waals surface area (Å²) in [6, 6.07) is 20.0. The quantitative estimate of drug-likeness (QED) is 0.745. The van der Waals surface area contributed by atoms with Crippen LogP contribution in [0.25, 0.3) is 0 Å². The highest BCUT2D eigenvalue weighted by atomic mass is 14.9. The van der Waals surface area contributed by atoms with Crippen molar-refractivity contribution in [2.24, 2.45) is 0 Å². The lowest BCUT2D eigenvalue weighted by atomic mass is 9.79. The minimum atomic E-state index is 0.177. The first-order chi connectivity index (χ1) is 10.0. The molecule has 0 fully saturated rings. The van der Waals surface area contributed by atoms with E-state index in [0.717, 1.165) is 12.8 Å². The Morgan fingerprint density at radius 1 is 1.00 bits per heavy atom. The molecule has 2 aromatic rings. The Bertz CT molecular complexity index is 557. The number of anilines is 1. The predicted molar refractivity (Wildman–Crippen MR) is 93.0 cm³/mol. The Labute approximate surface area is 129 Å². The van der Waals surface area contributed by atoms with Crippen LogP contribution in [0.1, 0.15) is 45.2 Å². The van der Waals surface area contributed by atoms with Gasteiger partial charge >= 0.3 is 0 Å². The topological polar surface area (TPSA) is 12.0 Å². The third-order valence-electron chi connectivity index (χ3n) is 4.12. The molecule has 0 aliphatic carbocycles. The van der Waals surface area contributed by atoms with Gasteiger partial charge in [0.2, 0.25) is 0 Å². The fourth-order valence-corrected chi connectivity index (χ4v) is 2.99. The fourth-order valence-electron chi connectivity index (χ4n) is 2.99. The zero-order chi connectivity index (χ0) is 15.3. The van der Waals surface area contributed by atoms with Gasteiger partial charge in [0.05, 0.1) is 0 Å². The third kappa shape index (κ3) is 4.35. The first-order valence-electron chi connectivity index (χ1n) is 7.92. The van der Waals surface area contributed by atoms with Crippen LogP contribution in [0.4, 0.5) is 5.69 Å². The summed E-state index contributed by atoms with van der Waals surface area (Å²) >= 11 is 0. The Balaban J connectivity index is 2.02. The van der Waals surface area contributed by atoms with Crippen molar-refractivity contribution in [2.45, 2.75) is 52.0 Å². The molecule has 1 heteroatoms. The lowest BCUT2D eigenvalue weighted by molar-refractivity contribution is 0.450. The molecular weight excluding hydrogens is 254 g/mol. The summed E-state index contributed by atoms with van der Waals surface area (Å²) in [5, 5.41) is 3.64. The summed E-state index contributed by atoms with van der Waals surface area (Å²) in [4.78, 5) is 0. The van der Waals surface area contributed by atoms with E-state index < -0.39 is 0 Å². The van der Waals surface area contributed by atoms with Gasteiger partial charge in [0.1, 0.15) is 0 Å². The van der Waals surface area contributed by atoms with Crippen molar-refractivity contribution >= 4 is 5.69 Å². The van der Waals surface area contributed by atoms with E-state index in [9.17, 15) is 0 Å². The standard InChI is InChI=1S/C20H27N/c1-5-17-10-9-13-19(14-17)21-16(2)15-20(3,4)18-11-7-6-8-12-18/h6-14,16,21H,5,15H2,1-4H3. The molecule has 1 unspecified atom stereocenters. The second kappa shape index (κ2) is 6.80. The van der Waals surface area contributed by atoms with Gasteiger partial charge in [0, 0.05) is 11.7 Å². The first kappa shape index (κ1) is 15.6. The van der Waals surface area contributed by atoms with E-state index in [1.54, 1.807) is 0 Å². The average Bonchev–Trinajstić information content (AvgIpc) is 2.47. The number of rotatable bonds is 6. The van der Waals surface area contributed by atoms with Crippen molar-refractivity contribution in [1.29, 1.82) is 0 Å². The van der Waals surface area contributed by atoms with E-state index in [1.165, 1.54) is 16.8 Å². The van der Waals surface area contributed by atoms with Crippen molar-refractivity contribution in [3.8, 4) is 0 Å². The van der Waals surface area contributed by atoms with Crippen molar-refractivity contribution in [2.75, 3.05) is 5.32 Å². The molecule has 0 aromatic heterocycles. The molecular formula is C20H27N. The summed E-state index contributed by atoms with van der Waals surface area (Å²) in [6.07, 6.45) is 2.19. The summed E-state index contributed by atoms with van der Waals surface area (Å²) in [5.74, 6) is 0. The normalized spacial score (nSPS) is 13.0. The maximum absolute atomic E-state index is 3.64. The zero-order valence-electron chi connectivity index (χ0n) is 13.7. The largest absolute Gasteiger partial charge is 0.383 e. The van der Waals surface area contributed by atoms with Gasteiger partial charge in [0.25, 0.3) is 0 Å². The molecule has 0 aliphatic heterocycles. The van der Waals surface area contributed by atoms with Crippen LogP contribution in [0.3, 0.4) is 0 Å². The monoisotopic (exact) mass is 281 g/mol. The van der Waals surface area contributed by atoms with Crippen LogP contribution in [0.5, 0.6) is 0 Å². The molecule has 0 saturated carbocycles. The van der Waals surface area contributed by atoms with E-state index in [0.29, 0.717) is 6.04 Å². The third-order valence-corrected chi connectivity index (χ3v) is 4.12. The van der Waals surface area contributed by atoms with Crippen LogP contribution in [0, 0.1) is 0 Å². The van der Waals surface area contributed by atoms with Gasteiger partial charge in [-0.3, -0.25) is 0 Å². The minimum absolute atomic E-state index is 0.177. The Kier molecular flexibility index (Phi) is 5.06. The average molecular weight is 281 g/mol. The molecule has 0 radical (unpaired) electrons. The van der Waals surface area contributed by atoms with E-state index >= 15 is 0 Å². The van der Waals surface area contributed by atoms with Crippen molar-refractivity contribution in [3.63, 3.8) is 0 Å². The molecule has 1 atom stereocenters. The Morgan fingerprint density at radius 2 is 1.71 bits per heavy atom. The highest BCUT2D eigenvalue weighted by Crippen LogP contribution is 2.29. The second-order valence-electron chi connectivity index (χ2n) is 6.55. The van der Waals surface area contributed by atoms with Crippen molar-refractivity contribution in [1.82, 2.24) is 0 Å². The molecule has 0 heterocycles. The number of aryl methyl sites for hydroxylation is 1. The van der Waals surface area contributed by atoms with Gasteiger partial charge in [-0.25, -0.2) is 0 Å². The van der Waals surface area contributed by atoms with E-state index in [-0.39, 0.29) is 5.41 Å². The summed E-state index contributed by atoms with van der Waals surface area (Å²) in [7, 11) is 0. The van der Waals surface area contributed by atoms with Gasteiger partial charge in [-0.2, -0.15) is 0 Å². The van der Waals surface area contributed by atoms with E-state index in [2.05, 4.69) is 87.6 Å². The molecule has 0 amide bonds. The van der Waals surface area contributed by atoms with Crippen LogP contribution in [-0.2, 0) is 11.8 Å². The maximum Gasteiger partial charge on any atom is 0.0344 e. The number of nitrogens with one attached hydrogen (secondary N) is 1. The molecule has 21 heavy (non-hydrogen) atoms. The van der Waals surface area contributed by atoms with Gasteiger partial charge < -0.3 is 5.32 Å². The van der Waals surface area contributed by atoms with Crippen LogP contribution in [-0.4, -0.2) is 6.04 Å². The number of hydrogen-bond acceptors (Lipinski definition) is 1. The van der Waals surface area contributed by atoms with Crippen LogP contribution in [0.15, 0.2) is 54.6 Å². The second-order valence-corrected chi connectivity index (χ2v) is 6.55. The predicted octanol–water partition coefficient (Wildman–Crippen LogP) is 5.42. The molecule has 0 bridgehead atoms. The van der Waals surface area contributed by atoms with Crippen molar-refractivity contribution in [3.05, 3.63) is 65.7 Å². The zero-order valence-corrected chi connectivity index (χ0v) is 13.7. The lowest BCUT2D eigenvalue weighted by Crippen LogP contribution is -2.27. The van der Waals surface area contributed by atoms with E-state index in [1.807, 2.05) is 0 Å². The maximum atomic E-state index is 3.64. The molecule has 2 rings (SSSR count). The van der Waals surface area contributed by atoms with Gasteiger partial charge in [-0.05, 0) is 48.4 Å². The molecule has 1 N–H and O–H groups in total. The van der Waals surface area contributed by atoms with Crippen LogP contribution in [0.2, 0.25) is 0 Å². The molecule has 1 nitrogen and oxygen atoms in total. The number of benzene rings is 2. The molecule has 2 aromatic carbocycles. The van der Waals surface area contributed by atoms with Crippen molar-refractivity contribution < 1.29 is 0 Å². The molecule has 0 aliphatic rings. The smallest absolute Gasteiger partial charge is 0.0344 e.